The highest BCUT2D eigenvalue weighted by atomic mass is 19.1. The first kappa shape index (κ1) is 20.1. The number of rotatable bonds is 4. The summed E-state index contributed by atoms with van der Waals surface area (Å²) in [6.45, 7) is 3.39. The van der Waals surface area contributed by atoms with Crippen molar-refractivity contribution in [3.05, 3.63) is 65.4 Å². The summed E-state index contributed by atoms with van der Waals surface area (Å²) in [4.78, 5) is 29.6. The second-order valence-corrected chi connectivity index (χ2v) is 7.63. The highest BCUT2D eigenvalue weighted by molar-refractivity contribution is 6.45. The van der Waals surface area contributed by atoms with Crippen molar-refractivity contribution in [1.29, 1.82) is 0 Å². The van der Waals surface area contributed by atoms with E-state index in [-0.39, 0.29) is 17.0 Å². The largest absolute Gasteiger partial charge is 0.496 e. The van der Waals surface area contributed by atoms with E-state index in [4.69, 9.17) is 4.74 Å². The number of likely N-dealkylation sites (tertiary alicyclic amines) is 1. The van der Waals surface area contributed by atoms with Gasteiger partial charge in [0.15, 0.2) is 0 Å². The molecule has 156 valence electrons. The summed E-state index contributed by atoms with van der Waals surface area (Å²) < 4.78 is 33.3. The Morgan fingerprint density at radius 3 is 2.37 bits per heavy atom. The van der Waals surface area contributed by atoms with Crippen LogP contribution in [0.2, 0.25) is 0 Å². The summed E-state index contributed by atoms with van der Waals surface area (Å²) >= 11 is 0. The molecule has 7 heteroatoms. The van der Waals surface area contributed by atoms with Crippen LogP contribution in [0.1, 0.15) is 25.3 Å². The monoisotopic (exact) mass is 412 g/mol. The van der Waals surface area contributed by atoms with Crippen LogP contribution in [0.4, 0.5) is 14.5 Å². The third-order valence-corrected chi connectivity index (χ3v) is 5.69. The van der Waals surface area contributed by atoms with Gasteiger partial charge in [-0.25, -0.2) is 13.7 Å². The van der Waals surface area contributed by atoms with Crippen LogP contribution >= 0.6 is 0 Å². The van der Waals surface area contributed by atoms with Crippen LogP contribution in [0, 0.1) is 17.6 Å². The third kappa shape index (κ3) is 3.34. The van der Waals surface area contributed by atoms with Crippen LogP contribution in [0.3, 0.4) is 0 Å². The first-order valence-corrected chi connectivity index (χ1v) is 9.88. The minimum atomic E-state index is -0.968. The molecule has 2 aliphatic heterocycles. The summed E-state index contributed by atoms with van der Waals surface area (Å²) in [6, 6.07) is 9.74. The topological polar surface area (TPSA) is 49.9 Å². The molecule has 0 aliphatic carbocycles. The van der Waals surface area contributed by atoms with E-state index in [0.29, 0.717) is 36.4 Å². The van der Waals surface area contributed by atoms with Crippen molar-refractivity contribution < 1.29 is 23.1 Å². The summed E-state index contributed by atoms with van der Waals surface area (Å²) in [5, 5.41) is 0. The predicted octanol–water partition coefficient (Wildman–Crippen LogP) is 3.99. The van der Waals surface area contributed by atoms with Crippen molar-refractivity contribution in [3.8, 4) is 5.75 Å². The summed E-state index contributed by atoms with van der Waals surface area (Å²) in [5.74, 6) is -2.04. The maximum absolute atomic E-state index is 14.5. The van der Waals surface area contributed by atoms with Gasteiger partial charge in [0.1, 0.15) is 23.1 Å². The Kier molecular flexibility index (Phi) is 5.28. The van der Waals surface area contributed by atoms with Gasteiger partial charge < -0.3 is 9.64 Å². The smallest absolute Gasteiger partial charge is 0.282 e. The number of benzene rings is 2. The number of imide groups is 1. The van der Waals surface area contributed by atoms with Crippen molar-refractivity contribution in [3.63, 3.8) is 0 Å². The summed E-state index contributed by atoms with van der Waals surface area (Å²) in [5.41, 5.74) is 0.618. The lowest BCUT2D eigenvalue weighted by molar-refractivity contribution is -0.120. The lowest BCUT2D eigenvalue weighted by Gasteiger charge is -2.32. The Bertz CT molecular complexity index is 1040. The standard InChI is InChI=1S/C23H22F2N2O3/c1-14-9-11-26(12-10-14)21-20(16-5-3-4-6-19(16)30-2)22(28)27(23(21)29)18-8-7-15(24)13-17(18)25/h3-8,13-14H,9-12H2,1-2H3. The molecule has 2 amide bonds. The molecule has 0 radical (unpaired) electrons. The average molecular weight is 412 g/mol. The molecule has 1 saturated heterocycles. The highest BCUT2D eigenvalue weighted by Crippen LogP contribution is 2.39. The molecule has 2 aliphatic rings. The second kappa shape index (κ2) is 7.89. The lowest BCUT2D eigenvalue weighted by Crippen LogP contribution is -2.38. The van der Waals surface area contributed by atoms with Crippen LogP contribution in [0.15, 0.2) is 48.2 Å². The number of carbonyl (C=O) groups is 2. The SMILES string of the molecule is COc1ccccc1C1=C(N2CCC(C)CC2)C(=O)N(c2ccc(F)cc2F)C1=O. The number of anilines is 1. The molecule has 1 fully saturated rings. The maximum Gasteiger partial charge on any atom is 0.282 e. The molecule has 30 heavy (non-hydrogen) atoms. The summed E-state index contributed by atoms with van der Waals surface area (Å²) in [7, 11) is 1.49. The maximum atomic E-state index is 14.5. The first-order valence-electron chi connectivity index (χ1n) is 9.88. The van der Waals surface area contributed by atoms with Gasteiger partial charge in [-0.05, 0) is 37.0 Å². The molecule has 4 rings (SSSR count). The van der Waals surface area contributed by atoms with E-state index in [2.05, 4.69) is 6.92 Å². The molecule has 0 unspecified atom stereocenters. The van der Waals surface area contributed by atoms with Crippen molar-refractivity contribution in [2.75, 3.05) is 25.1 Å². The number of nitrogens with zero attached hydrogens (tertiary/aromatic N) is 2. The average Bonchev–Trinajstić information content (AvgIpc) is 2.99. The van der Waals surface area contributed by atoms with Crippen molar-refractivity contribution >= 4 is 23.1 Å². The minimum absolute atomic E-state index is 0.177. The predicted molar refractivity (Wildman–Crippen MR) is 109 cm³/mol. The molecule has 2 heterocycles. The third-order valence-electron chi connectivity index (χ3n) is 5.69. The van der Waals surface area contributed by atoms with E-state index >= 15 is 0 Å². The van der Waals surface area contributed by atoms with Gasteiger partial charge in [0, 0.05) is 24.7 Å². The normalized spacial score (nSPS) is 17.9. The van der Waals surface area contributed by atoms with E-state index in [1.807, 2.05) is 4.90 Å². The molecule has 0 atom stereocenters. The number of piperidine rings is 1. The van der Waals surface area contributed by atoms with Gasteiger partial charge in [0.2, 0.25) is 0 Å². The lowest BCUT2D eigenvalue weighted by atomic mass is 9.97. The number of ether oxygens (including phenoxy) is 1. The number of halogens is 2. The number of hydrogen-bond acceptors (Lipinski definition) is 4. The Morgan fingerprint density at radius 2 is 1.70 bits per heavy atom. The number of carbonyl (C=O) groups excluding carboxylic acids is 2. The van der Waals surface area contributed by atoms with Crippen molar-refractivity contribution in [2.45, 2.75) is 19.8 Å². The zero-order valence-corrected chi connectivity index (χ0v) is 16.8. The van der Waals surface area contributed by atoms with E-state index in [9.17, 15) is 18.4 Å². The molecule has 0 spiro atoms. The molecule has 0 saturated carbocycles. The van der Waals surface area contributed by atoms with Crippen molar-refractivity contribution in [2.24, 2.45) is 5.92 Å². The Balaban J connectivity index is 1.86. The fourth-order valence-electron chi connectivity index (χ4n) is 4.02. The number of amides is 2. The molecule has 2 aromatic rings. The highest BCUT2D eigenvalue weighted by Gasteiger charge is 2.44. The fourth-order valence-corrected chi connectivity index (χ4v) is 4.02. The van der Waals surface area contributed by atoms with Gasteiger partial charge in [-0.3, -0.25) is 9.59 Å². The van der Waals surface area contributed by atoms with Crippen LogP contribution in [-0.4, -0.2) is 36.9 Å². The van der Waals surface area contributed by atoms with Crippen molar-refractivity contribution in [1.82, 2.24) is 4.90 Å². The zero-order valence-electron chi connectivity index (χ0n) is 16.8. The van der Waals surface area contributed by atoms with E-state index < -0.39 is 23.4 Å². The molecular formula is C23H22F2N2O3. The Labute approximate surface area is 173 Å². The number of para-hydroxylation sites is 1. The quantitative estimate of drug-likeness (QED) is 0.713. The molecule has 0 N–H and O–H groups in total. The molecule has 5 nitrogen and oxygen atoms in total. The molecule has 0 aromatic heterocycles. The van der Waals surface area contributed by atoms with Gasteiger partial charge in [-0.2, -0.15) is 0 Å². The Hall–Kier alpha value is -3.22. The second-order valence-electron chi connectivity index (χ2n) is 7.63. The van der Waals surface area contributed by atoms with Gasteiger partial charge in [-0.1, -0.05) is 25.1 Å². The fraction of sp³-hybridized carbons (Fsp3) is 0.304. The van der Waals surface area contributed by atoms with Crippen LogP contribution in [0.5, 0.6) is 5.75 Å². The Morgan fingerprint density at radius 1 is 1.00 bits per heavy atom. The van der Waals surface area contributed by atoms with Gasteiger partial charge in [-0.15, -0.1) is 0 Å². The molecular weight excluding hydrogens is 390 g/mol. The number of methoxy groups -OCH3 is 1. The molecule has 2 aromatic carbocycles. The minimum Gasteiger partial charge on any atom is -0.496 e. The van der Waals surface area contributed by atoms with E-state index in [0.717, 1.165) is 29.9 Å². The van der Waals surface area contributed by atoms with Crippen LogP contribution in [0.25, 0.3) is 5.57 Å². The number of hydrogen-bond donors (Lipinski definition) is 0. The summed E-state index contributed by atoms with van der Waals surface area (Å²) in [6.07, 6.45) is 1.77. The zero-order chi connectivity index (χ0) is 21.4. The van der Waals surface area contributed by atoms with Crippen LogP contribution < -0.4 is 9.64 Å². The van der Waals surface area contributed by atoms with E-state index in [1.54, 1.807) is 24.3 Å². The first-order chi connectivity index (χ1) is 14.4. The van der Waals surface area contributed by atoms with Gasteiger partial charge in [0.05, 0.1) is 18.4 Å². The molecule has 0 bridgehead atoms. The van der Waals surface area contributed by atoms with Gasteiger partial charge in [0.25, 0.3) is 11.8 Å². The van der Waals surface area contributed by atoms with Gasteiger partial charge >= 0.3 is 0 Å². The van der Waals surface area contributed by atoms with E-state index in [1.165, 1.54) is 7.11 Å². The van der Waals surface area contributed by atoms with Crippen LogP contribution in [-0.2, 0) is 9.59 Å².